The van der Waals surface area contributed by atoms with Crippen LogP contribution in [-0.2, 0) is 4.79 Å². The summed E-state index contributed by atoms with van der Waals surface area (Å²) < 4.78 is 5.61. The van der Waals surface area contributed by atoms with Crippen LogP contribution in [0.2, 0.25) is 0 Å². The summed E-state index contributed by atoms with van der Waals surface area (Å²) in [5, 5.41) is 5.91. The van der Waals surface area contributed by atoms with Crippen LogP contribution >= 0.6 is 0 Å². The van der Waals surface area contributed by atoms with Crippen molar-refractivity contribution in [3.8, 4) is 5.75 Å². The lowest BCUT2D eigenvalue weighted by molar-refractivity contribution is -0.123. The van der Waals surface area contributed by atoms with Crippen LogP contribution in [0.25, 0.3) is 0 Å². The van der Waals surface area contributed by atoms with E-state index in [1.54, 1.807) is 24.3 Å². The average Bonchev–Trinajstić information content (AvgIpc) is 3.66. The van der Waals surface area contributed by atoms with E-state index in [0.717, 1.165) is 19.3 Å². The topological polar surface area (TPSA) is 67.4 Å². The zero-order valence-electron chi connectivity index (χ0n) is 18.0. The molecule has 1 saturated carbocycles. The molecule has 4 rings (SSSR count). The molecule has 5 nitrogen and oxygen atoms in total. The molecule has 2 amide bonds. The summed E-state index contributed by atoms with van der Waals surface area (Å²) in [6, 6.07) is 27.9. The van der Waals surface area contributed by atoms with Gasteiger partial charge in [0.15, 0.2) is 6.61 Å². The van der Waals surface area contributed by atoms with Gasteiger partial charge < -0.3 is 15.4 Å². The van der Waals surface area contributed by atoms with Gasteiger partial charge in [0.25, 0.3) is 11.8 Å². The average molecular weight is 429 g/mol. The minimum atomic E-state index is -0.183. The number of nitrogens with one attached hydrogen (secondary N) is 2. The number of hydrogen-bond acceptors (Lipinski definition) is 3. The summed E-state index contributed by atoms with van der Waals surface area (Å²) in [6.45, 7) is 0.454. The summed E-state index contributed by atoms with van der Waals surface area (Å²) in [4.78, 5) is 24.5. The normalized spacial score (nSPS) is 12.9. The van der Waals surface area contributed by atoms with E-state index in [1.807, 2.05) is 36.4 Å². The van der Waals surface area contributed by atoms with Crippen molar-refractivity contribution in [2.45, 2.75) is 31.2 Å². The number of ether oxygens (including phenoxy) is 1. The Morgan fingerprint density at radius 2 is 1.53 bits per heavy atom. The van der Waals surface area contributed by atoms with E-state index in [2.05, 4.69) is 34.9 Å². The maximum absolute atomic E-state index is 12.3. The van der Waals surface area contributed by atoms with Crippen LogP contribution in [-0.4, -0.2) is 31.0 Å². The van der Waals surface area contributed by atoms with Crippen molar-refractivity contribution in [2.24, 2.45) is 0 Å². The first-order valence-electron chi connectivity index (χ1n) is 11.1. The van der Waals surface area contributed by atoms with Crippen molar-refractivity contribution in [1.82, 2.24) is 10.6 Å². The van der Waals surface area contributed by atoms with E-state index in [0.29, 0.717) is 23.9 Å². The fourth-order valence-electron chi connectivity index (χ4n) is 3.68. The fourth-order valence-corrected chi connectivity index (χ4v) is 3.68. The Labute approximate surface area is 188 Å². The second-order valence-electron chi connectivity index (χ2n) is 8.08. The smallest absolute Gasteiger partial charge is 0.257 e. The van der Waals surface area contributed by atoms with Gasteiger partial charge in [-0.3, -0.25) is 9.59 Å². The molecule has 0 radical (unpaired) electrons. The lowest BCUT2D eigenvalue weighted by Crippen LogP contribution is -2.30. The van der Waals surface area contributed by atoms with Crippen molar-refractivity contribution in [2.75, 3.05) is 13.2 Å². The van der Waals surface area contributed by atoms with Crippen LogP contribution in [0.4, 0.5) is 0 Å². The van der Waals surface area contributed by atoms with Gasteiger partial charge in [-0.15, -0.1) is 0 Å². The van der Waals surface area contributed by atoms with Crippen LogP contribution in [0, 0.1) is 0 Å². The van der Waals surface area contributed by atoms with Gasteiger partial charge in [-0.25, -0.2) is 0 Å². The molecule has 2 N–H and O–H groups in total. The van der Waals surface area contributed by atoms with Gasteiger partial charge in [0.05, 0.1) is 0 Å². The summed E-state index contributed by atoms with van der Waals surface area (Å²) in [6.07, 6.45) is 2.87. The van der Waals surface area contributed by atoms with Gasteiger partial charge in [-0.1, -0.05) is 66.7 Å². The minimum Gasteiger partial charge on any atom is -0.484 e. The molecular weight excluding hydrogens is 400 g/mol. The predicted octanol–water partition coefficient (Wildman–Crippen LogP) is 4.30. The molecule has 32 heavy (non-hydrogen) atoms. The highest BCUT2D eigenvalue weighted by atomic mass is 16.5. The molecule has 164 valence electrons. The Hall–Kier alpha value is -3.60. The van der Waals surface area contributed by atoms with E-state index in [1.165, 1.54) is 11.1 Å². The summed E-state index contributed by atoms with van der Waals surface area (Å²) >= 11 is 0. The number of hydrogen-bond donors (Lipinski definition) is 2. The van der Waals surface area contributed by atoms with E-state index in [9.17, 15) is 9.59 Å². The molecule has 0 atom stereocenters. The molecule has 0 bridgehead atoms. The molecule has 5 heteroatoms. The first-order valence-corrected chi connectivity index (χ1v) is 11.1. The first kappa shape index (κ1) is 21.6. The molecular formula is C27H28N2O3. The van der Waals surface area contributed by atoms with Crippen molar-refractivity contribution in [3.63, 3.8) is 0 Å². The van der Waals surface area contributed by atoms with Gasteiger partial charge in [0.2, 0.25) is 0 Å². The Morgan fingerprint density at radius 3 is 2.16 bits per heavy atom. The SMILES string of the molecule is O=C(COc1cccc(C(=O)NC2CC2)c1)NCCC(c1ccccc1)c1ccccc1. The quantitative estimate of drug-likeness (QED) is 0.506. The van der Waals surface area contributed by atoms with Gasteiger partial charge in [0, 0.05) is 24.1 Å². The van der Waals surface area contributed by atoms with Crippen LogP contribution in [0.15, 0.2) is 84.9 Å². The third-order valence-corrected chi connectivity index (χ3v) is 5.54. The molecule has 0 aromatic heterocycles. The monoisotopic (exact) mass is 428 g/mol. The van der Waals surface area contributed by atoms with Crippen LogP contribution in [0.3, 0.4) is 0 Å². The van der Waals surface area contributed by atoms with Crippen molar-refractivity contribution in [1.29, 1.82) is 0 Å². The third-order valence-electron chi connectivity index (χ3n) is 5.54. The highest BCUT2D eigenvalue weighted by Gasteiger charge is 2.23. The summed E-state index contributed by atoms with van der Waals surface area (Å²) in [5.41, 5.74) is 3.00. The highest BCUT2D eigenvalue weighted by Crippen LogP contribution is 2.27. The Morgan fingerprint density at radius 1 is 0.875 bits per heavy atom. The van der Waals surface area contributed by atoms with E-state index >= 15 is 0 Å². The lowest BCUT2D eigenvalue weighted by atomic mass is 9.88. The lowest BCUT2D eigenvalue weighted by Gasteiger charge is -2.18. The second kappa shape index (κ2) is 10.6. The molecule has 0 saturated heterocycles. The molecule has 0 spiro atoms. The van der Waals surface area contributed by atoms with Gasteiger partial charge in [0.1, 0.15) is 5.75 Å². The van der Waals surface area contributed by atoms with Crippen molar-refractivity contribution >= 4 is 11.8 Å². The number of amides is 2. The Bertz CT molecular complexity index is 994. The first-order chi connectivity index (χ1) is 15.7. The number of carbonyl (C=O) groups excluding carboxylic acids is 2. The largest absolute Gasteiger partial charge is 0.484 e. The molecule has 0 heterocycles. The molecule has 0 aliphatic heterocycles. The fraction of sp³-hybridized carbons (Fsp3) is 0.259. The van der Waals surface area contributed by atoms with E-state index in [4.69, 9.17) is 4.74 Å². The van der Waals surface area contributed by atoms with Crippen molar-refractivity contribution < 1.29 is 14.3 Å². The van der Waals surface area contributed by atoms with Gasteiger partial charge in [-0.2, -0.15) is 0 Å². The minimum absolute atomic E-state index is 0.0883. The van der Waals surface area contributed by atoms with Gasteiger partial charge >= 0.3 is 0 Å². The number of benzene rings is 3. The van der Waals surface area contributed by atoms with Crippen LogP contribution < -0.4 is 15.4 Å². The maximum Gasteiger partial charge on any atom is 0.257 e. The molecule has 1 aliphatic carbocycles. The third kappa shape index (κ3) is 6.20. The van der Waals surface area contributed by atoms with Gasteiger partial charge in [-0.05, 0) is 48.6 Å². The molecule has 3 aromatic rings. The van der Waals surface area contributed by atoms with E-state index in [-0.39, 0.29) is 24.3 Å². The summed E-state index contributed by atoms with van der Waals surface area (Å²) in [5.74, 6) is 0.434. The standard InChI is InChI=1S/C27H28N2O3/c30-26(19-32-24-13-7-12-22(18-24)27(31)29-23-14-15-23)28-17-16-25(20-8-3-1-4-9-20)21-10-5-2-6-11-21/h1-13,18,23,25H,14-17,19H2,(H,28,30)(H,29,31). The van der Waals surface area contributed by atoms with Crippen molar-refractivity contribution in [3.05, 3.63) is 102 Å². The Kier molecular flexibility index (Phi) is 7.18. The zero-order valence-corrected chi connectivity index (χ0v) is 18.0. The number of carbonyl (C=O) groups is 2. The Balaban J connectivity index is 1.27. The maximum atomic E-state index is 12.3. The predicted molar refractivity (Wildman–Crippen MR) is 125 cm³/mol. The zero-order chi connectivity index (χ0) is 22.2. The molecule has 0 unspecified atom stereocenters. The molecule has 1 aliphatic rings. The number of rotatable bonds is 10. The van der Waals surface area contributed by atoms with E-state index < -0.39 is 0 Å². The second-order valence-corrected chi connectivity index (χ2v) is 8.08. The van der Waals surface area contributed by atoms with Crippen LogP contribution in [0.1, 0.15) is 46.7 Å². The van der Waals surface area contributed by atoms with Crippen LogP contribution in [0.5, 0.6) is 5.75 Å². The summed E-state index contributed by atoms with van der Waals surface area (Å²) in [7, 11) is 0. The highest BCUT2D eigenvalue weighted by molar-refractivity contribution is 5.95. The molecule has 1 fully saturated rings. The molecule has 3 aromatic carbocycles.